The van der Waals surface area contributed by atoms with Crippen LogP contribution in [-0.2, 0) is 6.18 Å². The zero-order valence-corrected chi connectivity index (χ0v) is 16.5. The first-order valence-electron chi connectivity index (χ1n) is 8.72. The number of carbonyl (C=O) groups excluding carboxylic acids is 1. The van der Waals surface area contributed by atoms with Gasteiger partial charge in [-0.3, -0.25) is 4.90 Å². The van der Waals surface area contributed by atoms with Crippen LogP contribution in [0.25, 0.3) is 0 Å². The molecule has 0 saturated carbocycles. The van der Waals surface area contributed by atoms with Crippen molar-refractivity contribution in [3.8, 4) is 0 Å². The Bertz CT molecular complexity index is 907. The molecule has 148 valence electrons. The number of amides is 2. The Morgan fingerprint density at radius 1 is 1.18 bits per heavy atom. The van der Waals surface area contributed by atoms with Crippen molar-refractivity contribution in [3.63, 3.8) is 0 Å². The van der Waals surface area contributed by atoms with Crippen LogP contribution in [0.1, 0.15) is 23.6 Å². The molecule has 1 atom stereocenters. The van der Waals surface area contributed by atoms with E-state index in [1.54, 1.807) is 0 Å². The number of rotatable bonds is 2. The van der Waals surface area contributed by atoms with Gasteiger partial charge >= 0.3 is 12.2 Å². The maximum absolute atomic E-state index is 12.9. The van der Waals surface area contributed by atoms with E-state index >= 15 is 0 Å². The number of alkyl halides is 3. The minimum atomic E-state index is -4.46. The van der Waals surface area contributed by atoms with Gasteiger partial charge in [-0.2, -0.15) is 13.2 Å². The number of halogens is 3. The van der Waals surface area contributed by atoms with Crippen LogP contribution in [-0.4, -0.2) is 27.9 Å². The van der Waals surface area contributed by atoms with Crippen LogP contribution in [0, 0.1) is 13.8 Å². The number of carbonyl (C=O) groups is 1. The van der Waals surface area contributed by atoms with E-state index in [0.29, 0.717) is 11.7 Å². The smallest absolute Gasteiger partial charge is 0.307 e. The van der Waals surface area contributed by atoms with Gasteiger partial charge in [-0.15, -0.1) is 0 Å². The summed E-state index contributed by atoms with van der Waals surface area (Å²) in [5.74, 6) is 0. The highest BCUT2D eigenvalue weighted by molar-refractivity contribution is 8.14. The Balaban J connectivity index is 1.85. The van der Waals surface area contributed by atoms with Crippen LogP contribution >= 0.6 is 11.8 Å². The number of benzene rings is 2. The largest absolute Gasteiger partial charge is 0.416 e. The predicted molar refractivity (Wildman–Crippen MR) is 107 cm³/mol. The van der Waals surface area contributed by atoms with Gasteiger partial charge in [-0.1, -0.05) is 43.0 Å². The normalized spacial score (nSPS) is 18.6. The number of anilines is 1. The van der Waals surface area contributed by atoms with E-state index in [9.17, 15) is 18.0 Å². The molecule has 1 heterocycles. The quantitative estimate of drug-likeness (QED) is 0.666. The molecular weight excluding hydrogens is 387 g/mol. The number of para-hydroxylation sites is 1. The number of nitrogens with one attached hydrogen (secondary N) is 1. The van der Waals surface area contributed by atoms with Crippen LogP contribution in [0.3, 0.4) is 0 Å². The predicted octanol–water partition coefficient (Wildman–Crippen LogP) is 5.98. The van der Waals surface area contributed by atoms with Crippen molar-refractivity contribution in [3.05, 3.63) is 59.2 Å². The Morgan fingerprint density at radius 3 is 2.46 bits per heavy atom. The van der Waals surface area contributed by atoms with Crippen LogP contribution < -0.4 is 5.32 Å². The molecule has 1 aliphatic rings. The standard InChI is InChI=1S/C20H20F3N3OS/c1-12-6-4-7-13(2)17(12)25-19-26(11-14(3)28-19)18(27)24-16-9-5-8-15(10-16)20(21,22)23/h4-10,14H,11H2,1-3H3,(H,24,27)/t14-/m1/s1. The number of nitrogens with zero attached hydrogens (tertiary/aromatic N) is 2. The van der Waals surface area contributed by atoms with Crippen LogP contribution in [0.15, 0.2) is 47.5 Å². The van der Waals surface area contributed by atoms with Gasteiger partial charge in [-0.05, 0) is 43.2 Å². The van der Waals surface area contributed by atoms with E-state index in [4.69, 9.17) is 0 Å². The minimum absolute atomic E-state index is 0.0933. The Labute approximate surface area is 165 Å². The fourth-order valence-corrected chi connectivity index (χ4v) is 3.93. The van der Waals surface area contributed by atoms with Gasteiger partial charge in [0.2, 0.25) is 0 Å². The average Bonchev–Trinajstić information content (AvgIpc) is 2.98. The summed E-state index contributed by atoms with van der Waals surface area (Å²) < 4.78 is 38.7. The summed E-state index contributed by atoms with van der Waals surface area (Å²) in [5, 5.41) is 3.23. The van der Waals surface area contributed by atoms with Crippen molar-refractivity contribution in [2.45, 2.75) is 32.2 Å². The molecule has 2 aromatic carbocycles. The number of aliphatic imine (C=N–C) groups is 1. The molecular formula is C20H20F3N3OS. The molecule has 1 fully saturated rings. The van der Waals surface area contributed by atoms with E-state index < -0.39 is 17.8 Å². The highest BCUT2D eigenvalue weighted by Gasteiger charge is 2.33. The first-order chi connectivity index (χ1) is 13.1. The minimum Gasteiger partial charge on any atom is -0.307 e. The van der Waals surface area contributed by atoms with Crippen LogP contribution in [0.4, 0.5) is 29.3 Å². The molecule has 0 aliphatic carbocycles. The molecule has 2 aromatic rings. The van der Waals surface area contributed by atoms with E-state index in [-0.39, 0.29) is 10.9 Å². The first-order valence-corrected chi connectivity index (χ1v) is 9.60. The van der Waals surface area contributed by atoms with Gasteiger partial charge in [0.25, 0.3) is 0 Å². The summed E-state index contributed by atoms with van der Waals surface area (Å²) in [4.78, 5) is 18.9. The van der Waals surface area contributed by atoms with Crippen molar-refractivity contribution in [1.29, 1.82) is 0 Å². The Hall–Kier alpha value is -2.48. The number of hydrogen-bond donors (Lipinski definition) is 1. The van der Waals surface area contributed by atoms with Crippen molar-refractivity contribution in [2.24, 2.45) is 4.99 Å². The van der Waals surface area contributed by atoms with Gasteiger partial charge in [0.05, 0.1) is 11.3 Å². The highest BCUT2D eigenvalue weighted by Crippen LogP contribution is 2.33. The van der Waals surface area contributed by atoms with Gasteiger partial charge in [0, 0.05) is 17.5 Å². The molecule has 28 heavy (non-hydrogen) atoms. The van der Waals surface area contributed by atoms with Crippen LogP contribution in [0.2, 0.25) is 0 Å². The molecule has 8 heteroatoms. The second kappa shape index (κ2) is 7.87. The topological polar surface area (TPSA) is 44.7 Å². The molecule has 1 saturated heterocycles. The molecule has 2 amide bonds. The lowest BCUT2D eigenvalue weighted by molar-refractivity contribution is -0.137. The zero-order valence-electron chi connectivity index (χ0n) is 15.7. The van der Waals surface area contributed by atoms with Crippen molar-refractivity contribution < 1.29 is 18.0 Å². The molecule has 3 rings (SSSR count). The lowest BCUT2D eigenvalue weighted by Crippen LogP contribution is -2.36. The SMILES string of the molecule is Cc1cccc(C)c1N=C1S[C@H](C)CN1C(=O)Nc1cccc(C(F)(F)F)c1. The van der Waals surface area contributed by atoms with Crippen molar-refractivity contribution >= 4 is 34.3 Å². The van der Waals surface area contributed by atoms with E-state index in [1.807, 2.05) is 39.0 Å². The Kier molecular flexibility index (Phi) is 5.69. The highest BCUT2D eigenvalue weighted by atomic mass is 32.2. The average molecular weight is 407 g/mol. The summed E-state index contributed by atoms with van der Waals surface area (Å²) in [6, 6.07) is 9.93. The molecule has 0 unspecified atom stereocenters. The van der Waals surface area contributed by atoms with Gasteiger partial charge in [0.15, 0.2) is 5.17 Å². The molecule has 0 bridgehead atoms. The molecule has 1 aliphatic heterocycles. The molecule has 0 spiro atoms. The zero-order chi connectivity index (χ0) is 20.5. The summed E-state index contributed by atoms with van der Waals surface area (Å²) >= 11 is 1.47. The number of hydrogen-bond acceptors (Lipinski definition) is 3. The Morgan fingerprint density at radius 2 is 1.82 bits per heavy atom. The third-order valence-electron chi connectivity index (χ3n) is 4.31. The molecule has 0 aromatic heterocycles. The third-order valence-corrected chi connectivity index (χ3v) is 5.38. The summed E-state index contributed by atoms with van der Waals surface area (Å²) in [6.45, 7) is 6.30. The second-order valence-corrected chi connectivity index (χ2v) is 8.09. The van der Waals surface area contributed by atoms with E-state index in [1.165, 1.54) is 28.8 Å². The fourth-order valence-electron chi connectivity index (χ4n) is 2.91. The summed E-state index contributed by atoms with van der Waals surface area (Å²) in [6.07, 6.45) is -4.46. The maximum atomic E-state index is 12.9. The van der Waals surface area contributed by atoms with Crippen LogP contribution in [0.5, 0.6) is 0 Å². The van der Waals surface area contributed by atoms with E-state index in [0.717, 1.165) is 28.9 Å². The third kappa shape index (κ3) is 4.49. The number of urea groups is 1. The van der Waals surface area contributed by atoms with Gasteiger partial charge in [-0.25, -0.2) is 9.79 Å². The number of aryl methyl sites for hydroxylation is 2. The lowest BCUT2D eigenvalue weighted by atomic mass is 10.1. The summed E-state index contributed by atoms with van der Waals surface area (Å²) in [5.41, 5.74) is 2.07. The monoisotopic (exact) mass is 407 g/mol. The second-order valence-electron chi connectivity index (χ2n) is 6.68. The lowest BCUT2D eigenvalue weighted by Gasteiger charge is -2.18. The summed E-state index contributed by atoms with van der Waals surface area (Å²) in [7, 11) is 0. The van der Waals surface area contributed by atoms with Gasteiger partial charge < -0.3 is 5.32 Å². The van der Waals surface area contributed by atoms with Crippen molar-refractivity contribution in [1.82, 2.24) is 4.90 Å². The first kappa shape index (κ1) is 20.3. The van der Waals surface area contributed by atoms with Gasteiger partial charge in [0.1, 0.15) is 0 Å². The van der Waals surface area contributed by atoms with Crippen molar-refractivity contribution in [2.75, 3.05) is 11.9 Å². The number of thioether (sulfide) groups is 1. The fraction of sp³-hybridized carbons (Fsp3) is 0.300. The molecule has 0 radical (unpaired) electrons. The van der Waals surface area contributed by atoms with E-state index in [2.05, 4.69) is 10.3 Å². The maximum Gasteiger partial charge on any atom is 0.416 e. The molecule has 4 nitrogen and oxygen atoms in total. The number of amidine groups is 1. The molecule has 1 N–H and O–H groups in total.